The van der Waals surface area contributed by atoms with Gasteiger partial charge in [0.05, 0.1) is 22.6 Å². The molecular weight excluding hydrogens is 752 g/mol. The number of ketones is 1. The zero-order valence-corrected chi connectivity index (χ0v) is 33.0. The van der Waals surface area contributed by atoms with E-state index >= 15 is 0 Å². The molecule has 0 spiro atoms. The van der Waals surface area contributed by atoms with Crippen LogP contribution in [-0.2, 0) is 4.79 Å². The highest BCUT2D eigenvalue weighted by atomic mass is 32.2. The van der Waals surface area contributed by atoms with Gasteiger partial charge in [-0.1, -0.05) is 117 Å². The standard InChI is InChI=1S/C47H43FN4O5S/c1-30(2)28-51(42(32-12-5-3-6-13-32)33-14-7-4-8-15-33)38-26-37(27-49-44(54)34-22-20-31(21-23-34)24-41-45(55)50-47(57)58-41)52(29-38)46(56)40-19-10-9-18-39(40)43(53)35-16-11-17-36(48)25-35/h3-25,30,37-38,42H,26-29H2,1-2H3,(H,49,54)(H,50,55,57)/b41-24-/t37-,38+/m0/s1. The van der Waals surface area contributed by atoms with Gasteiger partial charge < -0.3 is 10.2 Å². The first kappa shape index (κ1) is 40.0. The maximum Gasteiger partial charge on any atom is 0.290 e. The van der Waals surface area contributed by atoms with Crippen LogP contribution in [0.2, 0.25) is 0 Å². The molecule has 2 aliphatic heterocycles. The third kappa shape index (κ3) is 9.17. The lowest BCUT2D eigenvalue weighted by atomic mass is 9.94. The summed E-state index contributed by atoms with van der Waals surface area (Å²) in [5.41, 5.74) is 3.79. The van der Waals surface area contributed by atoms with Crippen LogP contribution >= 0.6 is 11.8 Å². The van der Waals surface area contributed by atoms with Gasteiger partial charge in [0.2, 0.25) is 0 Å². The second-order valence-electron chi connectivity index (χ2n) is 14.9. The number of likely N-dealkylation sites (tertiary alicyclic amines) is 1. The molecule has 2 heterocycles. The van der Waals surface area contributed by atoms with Gasteiger partial charge >= 0.3 is 0 Å². The lowest BCUT2D eigenvalue weighted by molar-refractivity contribution is -0.115. The van der Waals surface area contributed by atoms with Crippen LogP contribution in [0.1, 0.15) is 79.6 Å². The quantitative estimate of drug-likeness (QED) is 0.0914. The van der Waals surface area contributed by atoms with E-state index in [0.29, 0.717) is 24.1 Å². The minimum absolute atomic E-state index is 0.123. The lowest BCUT2D eigenvalue weighted by Crippen LogP contribution is -2.44. The van der Waals surface area contributed by atoms with Gasteiger partial charge in [-0.2, -0.15) is 0 Å². The topological polar surface area (TPSA) is 116 Å². The molecule has 0 saturated carbocycles. The Labute approximate surface area is 341 Å². The largest absolute Gasteiger partial charge is 0.350 e. The van der Waals surface area contributed by atoms with E-state index in [2.05, 4.69) is 53.6 Å². The molecule has 5 aromatic rings. The van der Waals surface area contributed by atoms with Crippen LogP contribution in [-0.4, -0.2) is 70.3 Å². The summed E-state index contributed by atoms with van der Waals surface area (Å²) >= 11 is 0.821. The summed E-state index contributed by atoms with van der Waals surface area (Å²) in [7, 11) is 0. The minimum atomic E-state index is -0.548. The zero-order valence-electron chi connectivity index (χ0n) is 32.1. The number of hydrogen-bond donors (Lipinski definition) is 2. The van der Waals surface area contributed by atoms with Crippen LogP contribution in [0.3, 0.4) is 0 Å². The number of carbonyl (C=O) groups excluding carboxylic acids is 5. The van der Waals surface area contributed by atoms with E-state index < -0.39 is 28.8 Å². The van der Waals surface area contributed by atoms with Crippen molar-refractivity contribution in [1.29, 1.82) is 0 Å². The molecule has 2 fully saturated rings. The third-order valence-electron chi connectivity index (χ3n) is 10.4. The molecule has 0 aliphatic carbocycles. The Morgan fingerprint density at radius 2 is 1.47 bits per heavy atom. The number of benzene rings is 5. The third-order valence-corrected chi connectivity index (χ3v) is 11.2. The maximum absolute atomic E-state index is 14.8. The summed E-state index contributed by atoms with van der Waals surface area (Å²) < 4.78 is 14.2. The van der Waals surface area contributed by atoms with E-state index in [9.17, 15) is 28.4 Å². The van der Waals surface area contributed by atoms with Crippen LogP contribution in [0.5, 0.6) is 0 Å². The van der Waals surface area contributed by atoms with Crippen LogP contribution in [0.15, 0.2) is 138 Å². The molecule has 2 N–H and O–H groups in total. The van der Waals surface area contributed by atoms with Crippen molar-refractivity contribution < 1.29 is 28.4 Å². The summed E-state index contributed by atoms with van der Waals surface area (Å²) in [6, 6.07) is 38.6. The Morgan fingerprint density at radius 1 is 0.828 bits per heavy atom. The molecule has 0 unspecified atom stereocenters. The van der Waals surface area contributed by atoms with Crippen LogP contribution in [0.25, 0.3) is 6.08 Å². The molecule has 0 radical (unpaired) electrons. The van der Waals surface area contributed by atoms with Crippen molar-refractivity contribution in [1.82, 2.24) is 20.4 Å². The Morgan fingerprint density at radius 3 is 2.07 bits per heavy atom. The predicted octanol–water partition coefficient (Wildman–Crippen LogP) is 8.14. The number of rotatable bonds is 13. The number of halogens is 1. The fourth-order valence-corrected chi connectivity index (χ4v) is 8.41. The second-order valence-corrected chi connectivity index (χ2v) is 15.9. The highest BCUT2D eigenvalue weighted by Gasteiger charge is 2.42. The average Bonchev–Trinajstić information content (AvgIpc) is 3.81. The first-order valence-corrected chi connectivity index (χ1v) is 20.1. The molecule has 4 amide bonds. The number of imide groups is 1. The van der Waals surface area contributed by atoms with Gasteiger partial charge in [-0.15, -0.1) is 0 Å². The molecule has 58 heavy (non-hydrogen) atoms. The van der Waals surface area contributed by atoms with Gasteiger partial charge in [0.15, 0.2) is 5.78 Å². The molecule has 7 rings (SSSR count). The fourth-order valence-electron chi connectivity index (χ4n) is 7.73. The zero-order chi connectivity index (χ0) is 40.8. The molecule has 5 aromatic carbocycles. The number of nitrogens with one attached hydrogen (secondary N) is 2. The monoisotopic (exact) mass is 794 g/mol. The molecule has 294 valence electrons. The van der Waals surface area contributed by atoms with Crippen molar-refractivity contribution in [3.63, 3.8) is 0 Å². The van der Waals surface area contributed by atoms with Crippen LogP contribution in [0, 0.1) is 11.7 Å². The second kappa shape index (κ2) is 18.0. The first-order valence-electron chi connectivity index (χ1n) is 19.2. The van der Waals surface area contributed by atoms with Gasteiger partial charge in [0.1, 0.15) is 5.82 Å². The van der Waals surface area contributed by atoms with Gasteiger partial charge in [-0.3, -0.25) is 34.2 Å². The predicted molar refractivity (Wildman–Crippen MR) is 224 cm³/mol. The fraction of sp³-hybridized carbons (Fsp3) is 0.213. The summed E-state index contributed by atoms with van der Waals surface area (Å²) in [4.78, 5) is 70.4. The van der Waals surface area contributed by atoms with Crippen LogP contribution in [0.4, 0.5) is 9.18 Å². The van der Waals surface area contributed by atoms with Crippen molar-refractivity contribution in [2.45, 2.75) is 38.4 Å². The maximum atomic E-state index is 14.8. The Kier molecular flexibility index (Phi) is 12.4. The van der Waals surface area contributed by atoms with E-state index in [0.717, 1.165) is 29.4 Å². The SMILES string of the molecule is CC(C)CN(C(c1ccccc1)c1ccccc1)[C@@H]1C[C@@H](CNC(=O)c2ccc(/C=C3\SC(=O)NC3=O)cc2)N(C(=O)c2ccccc2C(=O)c2cccc(F)c2)C1. The van der Waals surface area contributed by atoms with Crippen molar-refractivity contribution in [3.05, 3.63) is 183 Å². The average molecular weight is 795 g/mol. The summed E-state index contributed by atoms with van der Waals surface area (Å²) in [6.07, 6.45) is 2.13. The summed E-state index contributed by atoms with van der Waals surface area (Å²) in [5, 5.41) is 4.86. The minimum Gasteiger partial charge on any atom is -0.350 e. The molecular formula is C47H43FN4O5S. The number of nitrogens with zero attached hydrogens (tertiary/aromatic N) is 2. The molecule has 9 nitrogen and oxygen atoms in total. The summed E-state index contributed by atoms with van der Waals surface area (Å²) in [5.74, 6) is -1.89. The van der Waals surface area contributed by atoms with E-state index in [-0.39, 0.29) is 58.0 Å². The molecule has 11 heteroatoms. The Balaban J connectivity index is 1.20. The lowest BCUT2D eigenvalue weighted by Gasteiger charge is -2.38. The smallest absolute Gasteiger partial charge is 0.290 e. The van der Waals surface area contributed by atoms with Crippen molar-refractivity contribution in [2.24, 2.45) is 5.92 Å². The number of thioether (sulfide) groups is 1. The molecule has 0 bridgehead atoms. The van der Waals surface area contributed by atoms with Crippen molar-refractivity contribution in [3.8, 4) is 0 Å². The van der Waals surface area contributed by atoms with Gasteiger partial charge in [0.25, 0.3) is 23.0 Å². The van der Waals surface area contributed by atoms with E-state index in [4.69, 9.17) is 0 Å². The normalized spacial score (nSPS) is 17.3. The molecule has 0 aromatic heterocycles. The summed E-state index contributed by atoms with van der Waals surface area (Å²) in [6.45, 7) is 5.55. The van der Waals surface area contributed by atoms with Crippen molar-refractivity contribution in [2.75, 3.05) is 19.6 Å². The Hall–Kier alpha value is -6.17. The molecule has 2 atom stereocenters. The van der Waals surface area contributed by atoms with Crippen molar-refractivity contribution >= 4 is 46.6 Å². The molecule has 2 aliphatic rings. The number of carbonyl (C=O) groups is 5. The van der Waals surface area contributed by atoms with E-state index in [1.54, 1.807) is 59.5 Å². The van der Waals surface area contributed by atoms with E-state index in [1.165, 1.54) is 24.3 Å². The van der Waals surface area contributed by atoms with E-state index in [1.807, 2.05) is 36.4 Å². The van der Waals surface area contributed by atoms with Gasteiger partial charge in [-0.05, 0) is 77.2 Å². The highest BCUT2D eigenvalue weighted by molar-refractivity contribution is 8.18. The first-order chi connectivity index (χ1) is 28.0. The van der Waals surface area contributed by atoms with Gasteiger partial charge in [0, 0.05) is 42.4 Å². The Bertz CT molecular complexity index is 2310. The highest BCUT2D eigenvalue weighted by Crippen LogP contribution is 2.36. The van der Waals surface area contributed by atoms with Gasteiger partial charge in [-0.25, -0.2) is 4.39 Å². The number of amides is 4. The number of hydrogen-bond acceptors (Lipinski definition) is 7. The van der Waals surface area contributed by atoms with Crippen LogP contribution < -0.4 is 10.6 Å². The molecule has 2 saturated heterocycles.